The molecule has 2 amide bonds. The highest BCUT2D eigenvalue weighted by atomic mass is 35.5. The van der Waals surface area contributed by atoms with Gasteiger partial charge in [0.2, 0.25) is 5.91 Å². The van der Waals surface area contributed by atoms with Crippen molar-refractivity contribution in [3.8, 4) is 0 Å². The number of hydrogen-bond donors (Lipinski definition) is 0. The molecule has 26 heavy (non-hydrogen) atoms. The maximum absolute atomic E-state index is 12.9. The molecule has 5 heteroatoms. The lowest BCUT2D eigenvalue weighted by molar-refractivity contribution is -0.124. The third-order valence-corrected chi connectivity index (χ3v) is 5.09. The molecule has 0 aliphatic carbocycles. The summed E-state index contributed by atoms with van der Waals surface area (Å²) in [6, 6.07) is 14.4. The van der Waals surface area contributed by atoms with Crippen molar-refractivity contribution in [2.75, 3.05) is 18.0 Å². The molecule has 0 spiro atoms. The number of halogens is 1. The van der Waals surface area contributed by atoms with Crippen molar-refractivity contribution >= 4 is 29.1 Å². The average molecular weight is 371 g/mol. The first-order chi connectivity index (χ1) is 12.4. The Morgan fingerprint density at radius 3 is 2.42 bits per heavy atom. The van der Waals surface area contributed by atoms with Gasteiger partial charge in [-0.25, -0.2) is 0 Å². The summed E-state index contributed by atoms with van der Waals surface area (Å²) in [5.41, 5.74) is 2.62. The van der Waals surface area contributed by atoms with Crippen LogP contribution in [0, 0.1) is 0 Å². The standard InChI is InChI=1S/C21H23ClN2O2/c1-14(2)16-7-9-19(10-8-16)24-12-11-23(15(3)20(24)25)21(26)17-5-4-6-18(22)13-17/h4-10,13-15H,11-12H2,1-3H3. The minimum Gasteiger partial charge on any atom is -0.325 e. The largest absolute Gasteiger partial charge is 0.325 e. The molecule has 1 saturated heterocycles. The molecule has 1 atom stereocenters. The summed E-state index contributed by atoms with van der Waals surface area (Å²) in [6.07, 6.45) is 0. The van der Waals surface area contributed by atoms with Crippen molar-refractivity contribution in [3.05, 3.63) is 64.7 Å². The van der Waals surface area contributed by atoms with E-state index in [0.717, 1.165) is 5.69 Å². The first-order valence-corrected chi connectivity index (χ1v) is 9.24. The van der Waals surface area contributed by atoms with Crippen LogP contribution in [0.1, 0.15) is 42.6 Å². The molecule has 0 aromatic heterocycles. The topological polar surface area (TPSA) is 40.6 Å². The summed E-state index contributed by atoms with van der Waals surface area (Å²) in [4.78, 5) is 29.0. The highest BCUT2D eigenvalue weighted by Crippen LogP contribution is 2.24. The average Bonchev–Trinajstić information content (AvgIpc) is 2.63. The van der Waals surface area contributed by atoms with Gasteiger partial charge >= 0.3 is 0 Å². The smallest absolute Gasteiger partial charge is 0.254 e. The molecule has 0 bridgehead atoms. The molecular weight excluding hydrogens is 348 g/mol. The van der Waals surface area contributed by atoms with Crippen LogP contribution >= 0.6 is 11.6 Å². The third-order valence-electron chi connectivity index (χ3n) is 4.86. The minimum absolute atomic E-state index is 0.0658. The van der Waals surface area contributed by atoms with E-state index in [1.165, 1.54) is 5.56 Å². The van der Waals surface area contributed by atoms with Gasteiger partial charge in [-0.3, -0.25) is 9.59 Å². The minimum atomic E-state index is -0.514. The molecule has 0 radical (unpaired) electrons. The molecular formula is C21H23ClN2O2. The first-order valence-electron chi connectivity index (χ1n) is 8.86. The molecule has 3 rings (SSSR count). The summed E-state index contributed by atoms with van der Waals surface area (Å²) in [5.74, 6) is 0.220. The van der Waals surface area contributed by atoms with Gasteiger partial charge in [-0.2, -0.15) is 0 Å². The monoisotopic (exact) mass is 370 g/mol. The Bertz CT molecular complexity index is 817. The lowest BCUT2D eigenvalue weighted by Gasteiger charge is -2.39. The van der Waals surface area contributed by atoms with Gasteiger partial charge in [-0.1, -0.05) is 43.6 Å². The fourth-order valence-electron chi connectivity index (χ4n) is 3.23. The van der Waals surface area contributed by atoms with Gasteiger partial charge in [0.15, 0.2) is 0 Å². The van der Waals surface area contributed by atoms with E-state index >= 15 is 0 Å². The van der Waals surface area contributed by atoms with Crippen LogP contribution in [-0.2, 0) is 4.79 Å². The van der Waals surface area contributed by atoms with Gasteiger partial charge in [0.25, 0.3) is 5.91 Å². The van der Waals surface area contributed by atoms with Crippen molar-refractivity contribution in [1.29, 1.82) is 0 Å². The van der Waals surface area contributed by atoms with Crippen LogP contribution in [0.15, 0.2) is 48.5 Å². The Kier molecular flexibility index (Phi) is 5.33. The molecule has 4 nitrogen and oxygen atoms in total. The summed E-state index contributed by atoms with van der Waals surface area (Å²) >= 11 is 5.99. The Morgan fingerprint density at radius 1 is 1.12 bits per heavy atom. The molecule has 2 aromatic rings. The quantitative estimate of drug-likeness (QED) is 0.806. The zero-order chi connectivity index (χ0) is 18.8. The first kappa shape index (κ1) is 18.5. The normalized spacial score (nSPS) is 17.7. The van der Waals surface area contributed by atoms with E-state index in [4.69, 9.17) is 11.6 Å². The number of nitrogens with zero attached hydrogens (tertiary/aromatic N) is 2. The van der Waals surface area contributed by atoms with Gasteiger partial charge in [0.1, 0.15) is 6.04 Å². The molecule has 1 aliphatic heterocycles. The highest BCUT2D eigenvalue weighted by Gasteiger charge is 2.35. The zero-order valence-electron chi connectivity index (χ0n) is 15.3. The molecule has 1 unspecified atom stereocenters. The fraction of sp³-hybridized carbons (Fsp3) is 0.333. The van der Waals surface area contributed by atoms with E-state index in [-0.39, 0.29) is 11.8 Å². The summed E-state index contributed by atoms with van der Waals surface area (Å²) in [6.45, 7) is 7.03. The van der Waals surface area contributed by atoms with Crippen LogP contribution in [0.2, 0.25) is 5.02 Å². The van der Waals surface area contributed by atoms with Crippen LogP contribution in [0.4, 0.5) is 5.69 Å². The van der Waals surface area contributed by atoms with E-state index in [1.807, 2.05) is 12.1 Å². The third kappa shape index (κ3) is 3.61. The van der Waals surface area contributed by atoms with Crippen LogP contribution in [0.5, 0.6) is 0 Å². The molecule has 136 valence electrons. The Labute approximate surface area is 159 Å². The SMILES string of the molecule is CC(C)c1ccc(N2CCN(C(=O)c3cccc(Cl)c3)C(C)C2=O)cc1. The molecule has 0 N–H and O–H groups in total. The second kappa shape index (κ2) is 7.50. The number of carbonyl (C=O) groups excluding carboxylic acids is 2. The number of amides is 2. The lowest BCUT2D eigenvalue weighted by atomic mass is 10.0. The van der Waals surface area contributed by atoms with E-state index in [9.17, 15) is 9.59 Å². The maximum Gasteiger partial charge on any atom is 0.254 e. The summed E-state index contributed by atoms with van der Waals surface area (Å²) in [7, 11) is 0. The highest BCUT2D eigenvalue weighted by molar-refractivity contribution is 6.31. The Morgan fingerprint density at radius 2 is 1.81 bits per heavy atom. The van der Waals surface area contributed by atoms with Crippen molar-refractivity contribution < 1.29 is 9.59 Å². The Hall–Kier alpha value is -2.33. The second-order valence-corrected chi connectivity index (χ2v) is 7.36. The number of hydrogen-bond acceptors (Lipinski definition) is 2. The molecule has 2 aromatic carbocycles. The van der Waals surface area contributed by atoms with Gasteiger partial charge < -0.3 is 9.80 Å². The predicted molar refractivity (Wildman–Crippen MR) is 105 cm³/mol. The molecule has 1 heterocycles. The van der Waals surface area contributed by atoms with E-state index in [1.54, 1.807) is 41.0 Å². The van der Waals surface area contributed by atoms with Crippen LogP contribution in [-0.4, -0.2) is 35.8 Å². The lowest BCUT2D eigenvalue weighted by Crippen LogP contribution is -2.57. The van der Waals surface area contributed by atoms with Crippen molar-refractivity contribution in [1.82, 2.24) is 4.90 Å². The number of anilines is 1. The predicted octanol–water partition coefficient (Wildman–Crippen LogP) is 4.34. The van der Waals surface area contributed by atoms with E-state index in [0.29, 0.717) is 29.6 Å². The second-order valence-electron chi connectivity index (χ2n) is 6.92. The molecule has 1 aliphatic rings. The summed E-state index contributed by atoms with van der Waals surface area (Å²) < 4.78 is 0. The van der Waals surface area contributed by atoms with E-state index < -0.39 is 6.04 Å². The Balaban J connectivity index is 1.77. The molecule has 1 fully saturated rings. The fourth-order valence-corrected chi connectivity index (χ4v) is 3.42. The summed E-state index contributed by atoms with van der Waals surface area (Å²) in [5, 5.41) is 0.513. The van der Waals surface area contributed by atoms with Crippen LogP contribution in [0.3, 0.4) is 0 Å². The zero-order valence-corrected chi connectivity index (χ0v) is 16.0. The van der Waals surface area contributed by atoms with Crippen molar-refractivity contribution in [3.63, 3.8) is 0 Å². The van der Waals surface area contributed by atoms with Gasteiger partial charge in [0, 0.05) is 29.4 Å². The molecule has 0 saturated carbocycles. The van der Waals surface area contributed by atoms with Gasteiger partial charge in [-0.05, 0) is 48.7 Å². The van der Waals surface area contributed by atoms with Gasteiger partial charge in [-0.15, -0.1) is 0 Å². The van der Waals surface area contributed by atoms with Crippen LogP contribution in [0.25, 0.3) is 0 Å². The van der Waals surface area contributed by atoms with Gasteiger partial charge in [0.05, 0.1) is 0 Å². The number of carbonyl (C=O) groups is 2. The number of rotatable bonds is 3. The maximum atomic E-state index is 12.9. The number of benzene rings is 2. The van der Waals surface area contributed by atoms with E-state index in [2.05, 4.69) is 26.0 Å². The number of piperazine rings is 1. The van der Waals surface area contributed by atoms with Crippen molar-refractivity contribution in [2.24, 2.45) is 0 Å². The van der Waals surface area contributed by atoms with Crippen molar-refractivity contribution in [2.45, 2.75) is 32.7 Å². The van der Waals surface area contributed by atoms with Crippen LogP contribution < -0.4 is 4.90 Å².